The SMILES string of the molecule is C=CC(=O)NC1(c2cccc(OC)c2F)CCOCC1. The minimum atomic E-state index is -0.776. The number of amides is 1. The second-order valence-corrected chi connectivity index (χ2v) is 4.71. The highest BCUT2D eigenvalue weighted by atomic mass is 19.1. The molecule has 108 valence electrons. The summed E-state index contributed by atoms with van der Waals surface area (Å²) < 4.78 is 24.9. The maximum Gasteiger partial charge on any atom is 0.244 e. The second-order valence-electron chi connectivity index (χ2n) is 4.71. The molecule has 0 radical (unpaired) electrons. The molecule has 1 saturated heterocycles. The van der Waals surface area contributed by atoms with Crippen molar-refractivity contribution >= 4 is 5.91 Å². The number of benzene rings is 1. The summed E-state index contributed by atoms with van der Waals surface area (Å²) >= 11 is 0. The predicted molar refractivity (Wildman–Crippen MR) is 73.0 cm³/mol. The summed E-state index contributed by atoms with van der Waals surface area (Å²) in [6, 6.07) is 4.95. The number of methoxy groups -OCH3 is 1. The van der Waals surface area contributed by atoms with E-state index in [-0.39, 0.29) is 11.7 Å². The second kappa shape index (κ2) is 6.05. The highest BCUT2D eigenvalue weighted by Crippen LogP contribution is 2.36. The van der Waals surface area contributed by atoms with Gasteiger partial charge in [-0.2, -0.15) is 0 Å². The van der Waals surface area contributed by atoms with E-state index in [1.807, 2.05) is 0 Å². The Kier molecular flexibility index (Phi) is 4.39. The van der Waals surface area contributed by atoms with Gasteiger partial charge in [0, 0.05) is 18.8 Å². The maximum atomic E-state index is 14.5. The van der Waals surface area contributed by atoms with Gasteiger partial charge in [0.05, 0.1) is 12.6 Å². The van der Waals surface area contributed by atoms with Crippen LogP contribution in [0.4, 0.5) is 4.39 Å². The summed E-state index contributed by atoms with van der Waals surface area (Å²) in [5.41, 5.74) is -0.349. The third-order valence-corrected chi connectivity index (χ3v) is 3.59. The fourth-order valence-electron chi connectivity index (χ4n) is 2.51. The van der Waals surface area contributed by atoms with E-state index in [2.05, 4.69) is 11.9 Å². The van der Waals surface area contributed by atoms with Gasteiger partial charge in [-0.3, -0.25) is 4.79 Å². The van der Waals surface area contributed by atoms with Gasteiger partial charge in [-0.1, -0.05) is 18.7 Å². The Morgan fingerprint density at radius 2 is 2.20 bits per heavy atom. The smallest absolute Gasteiger partial charge is 0.244 e. The number of ether oxygens (including phenoxy) is 2. The Labute approximate surface area is 117 Å². The molecule has 0 unspecified atom stereocenters. The molecule has 0 aliphatic carbocycles. The van der Waals surface area contributed by atoms with E-state index in [0.717, 1.165) is 0 Å². The first-order chi connectivity index (χ1) is 9.63. The largest absolute Gasteiger partial charge is 0.494 e. The molecule has 1 heterocycles. The molecule has 2 rings (SSSR count). The van der Waals surface area contributed by atoms with Crippen LogP contribution in [0.1, 0.15) is 18.4 Å². The van der Waals surface area contributed by atoms with Crippen LogP contribution in [0, 0.1) is 5.82 Å². The molecule has 0 atom stereocenters. The van der Waals surface area contributed by atoms with Crippen LogP contribution in [0.2, 0.25) is 0 Å². The molecule has 20 heavy (non-hydrogen) atoms. The summed E-state index contributed by atoms with van der Waals surface area (Å²) in [6.45, 7) is 4.38. The average molecular weight is 279 g/mol. The Morgan fingerprint density at radius 1 is 1.50 bits per heavy atom. The normalized spacial score (nSPS) is 17.3. The zero-order valence-electron chi connectivity index (χ0n) is 11.4. The predicted octanol–water partition coefficient (Wildman–Crippen LogP) is 2.14. The van der Waals surface area contributed by atoms with E-state index >= 15 is 0 Å². The summed E-state index contributed by atoms with van der Waals surface area (Å²) in [6.07, 6.45) is 2.21. The molecular formula is C15H18FNO3. The molecule has 1 aromatic rings. The number of rotatable bonds is 4. The van der Waals surface area contributed by atoms with E-state index in [0.29, 0.717) is 31.6 Å². The molecule has 0 bridgehead atoms. The molecule has 1 aliphatic heterocycles. The Morgan fingerprint density at radius 3 is 2.80 bits per heavy atom. The molecule has 5 heteroatoms. The number of hydrogen-bond acceptors (Lipinski definition) is 3. The van der Waals surface area contributed by atoms with Gasteiger partial charge in [0.15, 0.2) is 11.6 Å². The van der Waals surface area contributed by atoms with E-state index in [4.69, 9.17) is 9.47 Å². The van der Waals surface area contributed by atoms with Crippen LogP contribution in [-0.2, 0) is 15.1 Å². The highest BCUT2D eigenvalue weighted by molar-refractivity contribution is 5.87. The van der Waals surface area contributed by atoms with Crippen molar-refractivity contribution in [2.45, 2.75) is 18.4 Å². The maximum absolute atomic E-state index is 14.5. The van der Waals surface area contributed by atoms with Crippen LogP contribution in [0.5, 0.6) is 5.75 Å². The van der Waals surface area contributed by atoms with Crippen molar-refractivity contribution < 1.29 is 18.7 Å². The van der Waals surface area contributed by atoms with Crippen LogP contribution < -0.4 is 10.1 Å². The van der Waals surface area contributed by atoms with Crippen molar-refractivity contribution in [1.29, 1.82) is 0 Å². The van der Waals surface area contributed by atoms with Gasteiger partial charge < -0.3 is 14.8 Å². The lowest BCUT2D eigenvalue weighted by Crippen LogP contribution is -2.49. The van der Waals surface area contributed by atoms with Crippen molar-refractivity contribution in [3.63, 3.8) is 0 Å². The number of nitrogens with one attached hydrogen (secondary N) is 1. The first kappa shape index (κ1) is 14.5. The first-order valence-electron chi connectivity index (χ1n) is 6.48. The average Bonchev–Trinajstić information content (AvgIpc) is 2.48. The summed E-state index contributed by atoms with van der Waals surface area (Å²) in [5, 5.41) is 2.86. The van der Waals surface area contributed by atoms with Crippen molar-refractivity contribution in [2.24, 2.45) is 0 Å². The van der Waals surface area contributed by atoms with Gasteiger partial charge in [-0.15, -0.1) is 0 Å². The standard InChI is InChI=1S/C15H18FNO3/c1-3-13(18)17-15(7-9-20-10-8-15)11-5-4-6-12(19-2)14(11)16/h3-6H,1,7-10H2,2H3,(H,17,18). The summed E-state index contributed by atoms with van der Waals surface area (Å²) in [4.78, 5) is 11.7. The van der Waals surface area contributed by atoms with Gasteiger partial charge >= 0.3 is 0 Å². The lowest BCUT2D eigenvalue weighted by molar-refractivity contribution is -0.119. The van der Waals surface area contributed by atoms with Crippen molar-refractivity contribution in [3.8, 4) is 5.75 Å². The molecule has 1 fully saturated rings. The van der Waals surface area contributed by atoms with Crippen LogP contribution in [0.3, 0.4) is 0 Å². The van der Waals surface area contributed by atoms with Crippen LogP contribution in [-0.4, -0.2) is 26.2 Å². The first-order valence-corrected chi connectivity index (χ1v) is 6.48. The lowest BCUT2D eigenvalue weighted by Gasteiger charge is -2.38. The third-order valence-electron chi connectivity index (χ3n) is 3.59. The Balaban J connectivity index is 2.45. The van der Waals surface area contributed by atoms with E-state index in [1.54, 1.807) is 18.2 Å². The molecule has 1 amide bonds. The Hall–Kier alpha value is -1.88. The monoisotopic (exact) mass is 279 g/mol. The summed E-state index contributed by atoms with van der Waals surface area (Å²) in [7, 11) is 1.42. The molecule has 1 aliphatic rings. The molecule has 0 saturated carbocycles. The molecular weight excluding hydrogens is 261 g/mol. The van der Waals surface area contributed by atoms with Crippen LogP contribution in [0.25, 0.3) is 0 Å². The highest BCUT2D eigenvalue weighted by Gasteiger charge is 2.38. The van der Waals surface area contributed by atoms with E-state index < -0.39 is 11.4 Å². The fourth-order valence-corrected chi connectivity index (χ4v) is 2.51. The molecule has 0 aromatic heterocycles. The van der Waals surface area contributed by atoms with Crippen molar-refractivity contribution in [1.82, 2.24) is 5.32 Å². The number of hydrogen-bond donors (Lipinski definition) is 1. The number of carbonyl (C=O) groups is 1. The van der Waals surface area contributed by atoms with Crippen molar-refractivity contribution in [2.75, 3.05) is 20.3 Å². The minimum absolute atomic E-state index is 0.168. The van der Waals surface area contributed by atoms with Gasteiger partial charge in [0.1, 0.15) is 0 Å². The third kappa shape index (κ3) is 2.67. The van der Waals surface area contributed by atoms with Gasteiger partial charge in [0.2, 0.25) is 5.91 Å². The van der Waals surface area contributed by atoms with Gasteiger partial charge in [-0.05, 0) is 25.0 Å². The number of halogens is 1. The van der Waals surface area contributed by atoms with E-state index in [9.17, 15) is 9.18 Å². The van der Waals surface area contributed by atoms with Crippen LogP contribution in [0.15, 0.2) is 30.9 Å². The van der Waals surface area contributed by atoms with Gasteiger partial charge in [0.25, 0.3) is 0 Å². The molecule has 1 N–H and O–H groups in total. The van der Waals surface area contributed by atoms with Gasteiger partial charge in [-0.25, -0.2) is 4.39 Å². The van der Waals surface area contributed by atoms with Crippen molar-refractivity contribution in [3.05, 3.63) is 42.2 Å². The van der Waals surface area contributed by atoms with Crippen LogP contribution >= 0.6 is 0 Å². The quantitative estimate of drug-likeness (QED) is 0.859. The zero-order chi connectivity index (χ0) is 14.6. The Bertz CT molecular complexity index is 510. The molecule has 0 spiro atoms. The molecule has 4 nitrogen and oxygen atoms in total. The minimum Gasteiger partial charge on any atom is -0.494 e. The van der Waals surface area contributed by atoms with E-state index in [1.165, 1.54) is 13.2 Å². The number of carbonyl (C=O) groups excluding carboxylic acids is 1. The summed E-state index contributed by atoms with van der Waals surface area (Å²) in [5.74, 6) is -0.600. The lowest BCUT2D eigenvalue weighted by atomic mass is 9.82. The molecule has 1 aromatic carbocycles. The zero-order valence-corrected chi connectivity index (χ0v) is 11.4. The fraction of sp³-hybridized carbons (Fsp3) is 0.400. The topological polar surface area (TPSA) is 47.6 Å².